The molecule has 2 aromatic carbocycles. The van der Waals surface area contributed by atoms with E-state index in [1.54, 1.807) is 6.07 Å². The second-order valence-electron chi connectivity index (χ2n) is 5.30. The van der Waals surface area contributed by atoms with Crippen LogP contribution in [0.15, 0.2) is 52.3 Å². The molecule has 0 saturated carbocycles. The van der Waals surface area contributed by atoms with E-state index >= 15 is 0 Å². The van der Waals surface area contributed by atoms with Gasteiger partial charge in [0.25, 0.3) is 0 Å². The zero-order valence-corrected chi connectivity index (χ0v) is 15.3. The highest BCUT2D eigenvalue weighted by molar-refractivity contribution is 7.99. The molecule has 0 radical (unpaired) electrons. The van der Waals surface area contributed by atoms with Gasteiger partial charge >= 0.3 is 0 Å². The lowest BCUT2D eigenvalue weighted by molar-refractivity contribution is -0.116. The van der Waals surface area contributed by atoms with Gasteiger partial charge in [-0.25, -0.2) is 0 Å². The molecule has 0 unspecified atom stereocenters. The summed E-state index contributed by atoms with van der Waals surface area (Å²) in [7, 11) is 3.88. The van der Waals surface area contributed by atoms with Crippen molar-refractivity contribution in [2.45, 2.75) is 16.2 Å². The summed E-state index contributed by atoms with van der Waals surface area (Å²) in [6.45, 7) is 0.707. The predicted octanol–water partition coefficient (Wildman–Crippen LogP) is 5.03. The highest BCUT2D eigenvalue weighted by Gasteiger charge is 2.10. The molecule has 2 aromatic rings. The minimum atomic E-state index is -0.0148. The van der Waals surface area contributed by atoms with E-state index in [4.69, 9.17) is 23.2 Å². The SMILES string of the molecule is CN(C)CCC(=O)Nc1ccc(Cl)cc1Sc1ccc(Cl)cc1. The van der Waals surface area contributed by atoms with E-state index in [9.17, 15) is 4.79 Å². The van der Waals surface area contributed by atoms with Crippen LogP contribution in [0.2, 0.25) is 10.0 Å². The average Bonchev–Trinajstić information content (AvgIpc) is 2.50. The highest BCUT2D eigenvalue weighted by Crippen LogP contribution is 2.35. The number of hydrogen-bond donors (Lipinski definition) is 1. The smallest absolute Gasteiger partial charge is 0.225 e. The van der Waals surface area contributed by atoms with Gasteiger partial charge in [-0.05, 0) is 56.6 Å². The third kappa shape index (κ3) is 6.07. The van der Waals surface area contributed by atoms with Gasteiger partial charge in [-0.1, -0.05) is 35.0 Å². The maximum absolute atomic E-state index is 12.1. The van der Waals surface area contributed by atoms with Gasteiger partial charge in [0.05, 0.1) is 5.69 Å². The lowest BCUT2D eigenvalue weighted by Crippen LogP contribution is -2.21. The van der Waals surface area contributed by atoms with Crippen LogP contribution >= 0.6 is 35.0 Å². The van der Waals surface area contributed by atoms with Crippen LogP contribution in [-0.4, -0.2) is 31.4 Å². The molecule has 0 saturated heterocycles. The van der Waals surface area contributed by atoms with Crippen LogP contribution in [0.1, 0.15) is 6.42 Å². The van der Waals surface area contributed by atoms with Crippen LogP contribution in [0.4, 0.5) is 5.69 Å². The summed E-state index contributed by atoms with van der Waals surface area (Å²) in [6.07, 6.45) is 0.445. The molecular formula is C17H18Cl2N2OS. The van der Waals surface area contributed by atoms with E-state index in [1.165, 1.54) is 11.8 Å². The van der Waals surface area contributed by atoms with Crippen molar-refractivity contribution < 1.29 is 4.79 Å². The Morgan fingerprint density at radius 3 is 2.39 bits per heavy atom. The first-order chi connectivity index (χ1) is 10.9. The van der Waals surface area contributed by atoms with E-state index in [0.29, 0.717) is 23.0 Å². The third-order valence-electron chi connectivity index (χ3n) is 3.05. The first-order valence-electron chi connectivity index (χ1n) is 7.11. The van der Waals surface area contributed by atoms with Crippen molar-refractivity contribution in [1.29, 1.82) is 0 Å². The van der Waals surface area contributed by atoms with E-state index in [1.807, 2.05) is 55.4 Å². The fraction of sp³-hybridized carbons (Fsp3) is 0.235. The summed E-state index contributed by atoms with van der Waals surface area (Å²) in [5, 5.41) is 4.28. The molecule has 23 heavy (non-hydrogen) atoms. The molecule has 0 aromatic heterocycles. The third-order valence-corrected chi connectivity index (χ3v) is 4.60. The van der Waals surface area contributed by atoms with E-state index < -0.39 is 0 Å². The van der Waals surface area contributed by atoms with Gasteiger partial charge in [-0.15, -0.1) is 0 Å². The lowest BCUT2D eigenvalue weighted by atomic mass is 10.3. The Morgan fingerprint density at radius 2 is 1.74 bits per heavy atom. The zero-order chi connectivity index (χ0) is 16.8. The molecule has 0 fully saturated rings. The monoisotopic (exact) mass is 368 g/mol. The fourth-order valence-electron chi connectivity index (χ4n) is 1.85. The van der Waals surface area contributed by atoms with Crippen LogP contribution in [0, 0.1) is 0 Å². The van der Waals surface area contributed by atoms with E-state index in [0.717, 1.165) is 15.5 Å². The summed E-state index contributed by atoms with van der Waals surface area (Å²) in [5.41, 5.74) is 0.762. The molecular weight excluding hydrogens is 351 g/mol. The van der Waals surface area contributed by atoms with Crippen LogP contribution in [0.25, 0.3) is 0 Å². The molecule has 0 atom stereocenters. The molecule has 2 rings (SSSR count). The number of hydrogen-bond acceptors (Lipinski definition) is 3. The Labute approximate surface area is 151 Å². The van der Waals surface area contributed by atoms with Gasteiger partial charge in [-0.2, -0.15) is 0 Å². The van der Waals surface area contributed by atoms with Crippen molar-refractivity contribution >= 4 is 46.6 Å². The van der Waals surface area contributed by atoms with Gasteiger partial charge in [0.1, 0.15) is 0 Å². The second kappa shape index (κ2) is 8.60. The van der Waals surface area contributed by atoms with E-state index in [2.05, 4.69) is 5.32 Å². The summed E-state index contributed by atoms with van der Waals surface area (Å²) in [5.74, 6) is -0.0148. The molecule has 1 amide bonds. The van der Waals surface area contributed by atoms with Crippen molar-refractivity contribution in [2.75, 3.05) is 26.0 Å². The van der Waals surface area contributed by atoms with Crippen molar-refractivity contribution in [3.05, 3.63) is 52.5 Å². The van der Waals surface area contributed by atoms with Crippen molar-refractivity contribution in [3.8, 4) is 0 Å². The van der Waals surface area contributed by atoms with Crippen molar-refractivity contribution in [3.63, 3.8) is 0 Å². The number of nitrogens with one attached hydrogen (secondary N) is 1. The topological polar surface area (TPSA) is 32.3 Å². The van der Waals surface area contributed by atoms with Gasteiger partial charge in [-0.3, -0.25) is 4.79 Å². The van der Waals surface area contributed by atoms with Gasteiger partial charge in [0, 0.05) is 32.8 Å². The van der Waals surface area contributed by atoms with Crippen molar-refractivity contribution in [2.24, 2.45) is 0 Å². The molecule has 3 nitrogen and oxygen atoms in total. The highest BCUT2D eigenvalue weighted by atomic mass is 35.5. The number of nitrogens with zero attached hydrogens (tertiary/aromatic N) is 1. The molecule has 0 heterocycles. The van der Waals surface area contributed by atoms with E-state index in [-0.39, 0.29) is 5.91 Å². The van der Waals surface area contributed by atoms with Crippen LogP contribution in [-0.2, 0) is 4.79 Å². The Morgan fingerprint density at radius 1 is 1.09 bits per heavy atom. The normalized spacial score (nSPS) is 10.8. The number of benzene rings is 2. The largest absolute Gasteiger partial charge is 0.325 e. The Kier molecular flexibility index (Phi) is 6.78. The number of carbonyl (C=O) groups is 1. The van der Waals surface area contributed by atoms with Crippen LogP contribution in [0.5, 0.6) is 0 Å². The Hall–Kier alpha value is -1.20. The number of halogens is 2. The molecule has 0 bridgehead atoms. The first-order valence-corrected chi connectivity index (χ1v) is 8.69. The number of anilines is 1. The summed E-state index contributed by atoms with van der Waals surface area (Å²) >= 11 is 13.5. The van der Waals surface area contributed by atoms with Gasteiger partial charge in [0.2, 0.25) is 5.91 Å². The number of carbonyl (C=O) groups excluding carboxylic acids is 1. The summed E-state index contributed by atoms with van der Waals surface area (Å²) < 4.78 is 0. The molecule has 0 spiro atoms. The number of rotatable bonds is 6. The number of amides is 1. The van der Waals surface area contributed by atoms with Crippen LogP contribution in [0.3, 0.4) is 0 Å². The average molecular weight is 369 g/mol. The summed E-state index contributed by atoms with van der Waals surface area (Å²) in [6, 6.07) is 13.0. The first kappa shape index (κ1) is 18.1. The van der Waals surface area contributed by atoms with Gasteiger partial charge in [0.15, 0.2) is 0 Å². The Balaban J connectivity index is 2.13. The zero-order valence-electron chi connectivity index (χ0n) is 13.0. The van der Waals surface area contributed by atoms with Crippen LogP contribution < -0.4 is 5.32 Å². The minimum absolute atomic E-state index is 0.0148. The molecule has 0 aliphatic carbocycles. The van der Waals surface area contributed by atoms with Gasteiger partial charge < -0.3 is 10.2 Å². The maximum atomic E-state index is 12.1. The molecule has 1 N–H and O–H groups in total. The minimum Gasteiger partial charge on any atom is -0.325 e. The summed E-state index contributed by atoms with van der Waals surface area (Å²) in [4.78, 5) is 16.0. The molecule has 122 valence electrons. The lowest BCUT2D eigenvalue weighted by Gasteiger charge is -2.13. The quantitative estimate of drug-likeness (QED) is 0.775. The maximum Gasteiger partial charge on any atom is 0.225 e. The molecule has 6 heteroatoms. The molecule has 0 aliphatic rings. The predicted molar refractivity (Wildman–Crippen MR) is 98.8 cm³/mol. The molecule has 0 aliphatic heterocycles. The van der Waals surface area contributed by atoms with Crippen molar-refractivity contribution in [1.82, 2.24) is 4.90 Å². The Bertz CT molecular complexity index is 675. The standard InChI is InChI=1S/C17H18Cl2N2OS/c1-21(2)10-9-17(22)20-15-8-5-13(19)11-16(15)23-14-6-3-12(18)4-7-14/h3-8,11H,9-10H2,1-2H3,(H,20,22). The second-order valence-corrected chi connectivity index (χ2v) is 7.29. The fourth-order valence-corrected chi connectivity index (χ4v) is 3.16.